The van der Waals surface area contributed by atoms with Crippen molar-refractivity contribution in [2.75, 3.05) is 26.2 Å². The Labute approximate surface area is 155 Å². The lowest BCUT2D eigenvalue weighted by molar-refractivity contribution is 0.130. The van der Waals surface area contributed by atoms with Crippen molar-refractivity contribution < 1.29 is 0 Å². The van der Waals surface area contributed by atoms with Crippen molar-refractivity contribution in [3.8, 4) is 0 Å². The van der Waals surface area contributed by atoms with E-state index >= 15 is 0 Å². The topological polar surface area (TPSA) is 18.8 Å². The van der Waals surface area contributed by atoms with E-state index in [0.29, 0.717) is 0 Å². The molecule has 0 N–H and O–H groups in total. The molecule has 1 aliphatic rings. The van der Waals surface area contributed by atoms with Crippen LogP contribution in [0, 0.1) is 0 Å². The maximum atomic E-state index is 4.88. The van der Waals surface area contributed by atoms with Gasteiger partial charge in [0.2, 0.25) is 0 Å². The smallest absolute Gasteiger partial charge is 0.0646 e. The Hall–Kier alpha value is -2.65. The fraction of sp³-hybridized carbons (Fsp3) is 0.261. The van der Waals surface area contributed by atoms with E-state index in [9.17, 15) is 0 Å². The first-order valence-electron chi connectivity index (χ1n) is 9.33. The Morgan fingerprint density at radius 3 is 2.27 bits per heavy atom. The second kappa shape index (κ2) is 7.71. The van der Waals surface area contributed by atoms with E-state index in [-0.39, 0.29) is 0 Å². The zero-order valence-corrected chi connectivity index (χ0v) is 15.3. The quantitative estimate of drug-likeness (QED) is 0.655. The first-order chi connectivity index (χ1) is 12.8. The second-order valence-electron chi connectivity index (χ2n) is 6.96. The molecule has 0 bridgehead atoms. The summed E-state index contributed by atoms with van der Waals surface area (Å²) in [6.07, 6.45) is 0. The van der Waals surface area contributed by atoms with Crippen LogP contribution in [-0.4, -0.2) is 41.8 Å². The summed E-state index contributed by atoms with van der Waals surface area (Å²) < 4.78 is 0. The molecule has 3 aromatic rings. The number of hydrogen-bond donors (Lipinski definition) is 0. The molecule has 4 rings (SSSR count). The Morgan fingerprint density at radius 2 is 1.50 bits per heavy atom. The largest absolute Gasteiger partial charge is 0.295 e. The Morgan fingerprint density at radius 1 is 0.808 bits per heavy atom. The summed E-state index contributed by atoms with van der Waals surface area (Å²) >= 11 is 0. The van der Waals surface area contributed by atoms with Gasteiger partial charge in [-0.2, -0.15) is 5.10 Å². The van der Waals surface area contributed by atoms with Gasteiger partial charge in [-0.05, 0) is 34.9 Å². The summed E-state index contributed by atoms with van der Waals surface area (Å²) in [5, 5.41) is 9.64. The average molecular weight is 343 g/mol. The molecular formula is C23H25N3. The molecule has 3 aromatic carbocycles. The summed E-state index contributed by atoms with van der Waals surface area (Å²) in [6, 6.07) is 25.8. The number of hydrogen-bond acceptors (Lipinski definition) is 3. The molecule has 3 nitrogen and oxygen atoms in total. The highest BCUT2D eigenvalue weighted by Gasteiger charge is 2.16. The van der Waals surface area contributed by atoms with Gasteiger partial charge in [0.15, 0.2) is 0 Å². The summed E-state index contributed by atoms with van der Waals surface area (Å²) in [4.78, 5) is 2.51. The van der Waals surface area contributed by atoms with Crippen LogP contribution in [0.1, 0.15) is 18.1 Å². The van der Waals surface area contributed by atoms with Gasteiger partial charge in [0, 0.05) is 32.7 Å². The summed E-state index contributed by atoms with van der Waals surface area (Å²) in [7, 11) is 0. The van der Waals surface area contributed by atoms with Gasteiger partial charge in [0.25, 0.3) is 0 Å². The molecule has 26 heavy (non-hydrogen) atoms. The number of piperazine rings is 1. The van der Waals surface area contributed by atoms with Gasteiger partial charge in [0.05, 0.1) is 5.71 Å². The molecule has 0 atom stereocenters. The van der Waals surface area contributed by atoms with E-state index < -0.39 is 0 Å². The van der Waals surface area contributed by atoms with Gasteiger partial charge in [-0.1, -0.05) is 66.7 Å². The molecule has 3 heteroatoms. The summed E-state index contributed by atoms with van der Waals surface area (Å²) in [6.45, 7) is 7.23. The molecule has 0 aromatic heterocycles. The van der Waals surface area contributed by atoms with Crippen LogP contribution in [0.25, 0.3) is 10.8 Å². The van der Waals surface area contributed by atoms with Crippen molar-refractivity contribution in [2.24, 2.45) is 5.10 Å². The van der Waals surface area contributed by atoms with Crippen LogP contribution in [0.4, 0.5) is 0 Å². The number of benzene rings is 3. The monoisotopic (exact) mass is 343 g/mol. The zero-order chi connectivity index (χ0) is 17.8. The standard InChI is InChI=1S/C23H25N3/c1-19(22-12-11-21-9-5-6-10-23(21)17-22)24-26-15-13-25(14-16-26)18-20-7-3-2-4-8-20/h2-12,17H,13-16,18H2,1H3/b24-19+. The molecule has 0 spiro atoms. The summed E-state index contributed by atoms with van der Waals surface area (Å²) in [5.41, 5.74) is 3.68. The van der Waals surface area contributed by atoms with Crippen molar-refractivity contribution >= 4 is 16.5 Å². The third-order valence-electron chi connectivity index (χ3n) is 5.06. The maximum absolute atomic E-state index is 4.88. The third kappa shape index (κ3) is 3.94. The second-order valence-corrected chi connectivity index (χ2v) is 6.96. The van der Waals surface area contributed by atoms with E-state index in [0.717, 1.165) is 38.4 Å². The van der Waals surface area contributed by atoms with Crippen molar-refractivity contribution in [2.45, 2.75) is 13.5 Å². The van der Waals surface area contributed by atoms with Gasteiger partial charge in [0.1, 0.15) is 0 Å². The molecular weight excluding hydrogens is 318 g/mol. The predicted octanol–water partition coefficient (Wildman–Crippen LogP) is 4.38. The highest BCUT2D eigenvalue weighted by molar-refractivity contribution is 6.01. The molecule has 0 aliphatic carbocycles. The molecule has 0 saturated carbocycles. The first-order valence-corrected chi connectivity index (χ1v) is 9.33. The molecule has 0 radical (unpaired) electrons. The molecule has 1 heterocycles. The lowest BCUT2D eigenvalue weighted by atomic mass is 10.0. The SMILES string of the molecule is C/C(=N\N1CCN(Cc2ccccc2)CC1)c1ccc2ccccc2c1. The third-order valence-corrected chi connectivity index (χ3v) is 5.06. The van der Waals surface area contributed by atoms with Crippen LogP contribution < -0.4 is 0 Å². The molecule has 132 valence electrons. The fourth-order valence-electron chi connectivity index (χ4n) is 3.52. The minimum Gasteiger partial charge on any atom is -0.295 e. The number of rotatable bonds is 4. The summed E-state index contributed by atoms with van der Waals surface area (Å²) in [5.74, 6) is 0. The molecule has 1 aliphatic heterocycles. The van der Waals surface area contributed by atoms with Crippen LogP contribution in [0.5, 0.6) is 0 Å². The van der Waals surface area contributed by atoms with Crippen molar-refractivity contribution in [3.63, 3.8) is 0 Å². The van der Waals surface area contributed by atoms with Crippen LogP contribution in [0.2, 0.25) is 0 Å². The molecule has 1 saturated heterocycles. The predicted molar refractivity (Wildman–Crippen MR) is 109 cm³/mol. The van der Waals surface area contributed by atoms with Gasteiger partial charge in [-0.3, -0.25) is 9.91 Å². The van der Waals surface area contributed by atoms with E-state index in [1.807, 2.05) is 0 Å². The molecule has 0 amide bonds. The van der Waals surface area contributed by atoms with Gasteiger partial charge >= 0.3 is 0 Å². The Bertz CT molecular complexity index is 893. The zero-order valence-electron chi connectivity index (χ0n) is 15.3. The normalized spacial score (nSPS) is 16.2. The van der Waals surface area contributed by atoms with Crippen LogP contribution in [-0.2, 0) is 6.54 Å². The van der Waals surface area contributed by atoms with E-state index in [1.54, 1.807) is 0 Å². The molecule has 0 unspecified atom stereocenters. The van der Waals surface area contributed by atoms with E-state index in [2.05, 4.69) is 89.6 Å². The number of hydrazone groups is 1. The van der Waals surface area contributed by atoms with Gasteiger partial charge in [-0.15, -0.1) is 0 Å². The molecule has 1 fully saturated rings. The maximum Gasteiger partial charge on any atom is 0.0646 e. The minimum absolute atomic E-state index is 0.984. The highest BCUT2D eigenvalue weighted by atomic mass is 15.5. The Kier molecular flexibility index (Phi) is 4.98. The van der Waals surface area contributed by atoms with Crippen LogP contribution in [0.3, 0.4) is 0 Å². The van der Waals surface area contributed by atoms with Crippen molar-refractivity contribution in [3.05, 3.63) is 83.9 Å². The van der Waals surface area contributed by atoms with Crippen molar-refractivity contribution in [1.82, 2.24) is 9.91 Å². The van der Waals surface area contributed by atoms with Crippen LogP contribution in [0.15, 0.2) is 77.9 Å². The Balaban J connectivity index is 1.39. The average Bonchev–Trinajstić information content (AvgIpc) is 2.70. The lowest BCUT2D eigenvalue weighted by Crippen LogP contribution is -2.43. The lowest BCUT2D eigenvalue weighted by Gasteiger charge is -2.33. The highest BCUT2D eigenvalue weighted by Crippen LogP contribution is 2.17. The fourth-order valence-corrected chi connectivity index (χ4v) is 3.52. The van der Waals surface area contributed by atoms with Gasteiger partial charge < -0.3 is 0 Å². The van der Waals surface area contributed by atoms with E-state index in [1.165, 1.54) is 21.9 Å². The first kappa shape index (κ1) is 16.8. The van der Waals surface area contributed by atoms with Crippen LogP contribution >= 0.6 is 0 Å². The van der Waals surface area contributed by atoms with Crippen molar-refractivity contribution in [1.29, 1.82) is 0 Å². The minimum atomic E-state index is 0.984. The number of fused-ring (bicyclic) bond motifs is 1. The number of nitrogens with zero attached hydrogens (tertiary/aromatic N) is 3. The van der Waals surface area contributed by atoms with Gasteiger partial charge in [-0.25, -0.2) is 0 Å². The van der Waals surface area contributed by atoms with E-state index in [4.69, 9.17) is 5.10 Å².